The second-order valence-corrected chi connectivity index (χ2v) is 5.25. The van der Waals surface area contributed by atoms with Crippen LogP contribution in [-0.4, -0.2) is 31.1 Å². The maximum atomic E-state index is 13.2. The quantitative estimate of drug-likeness (QED) is 0.793. The van der Waals surface area contributed by atoms with Crippen molar-refractivity contribution in [2.24, 2.45) is 0 Å². The molecule has 1 aromatic carbocycles. The summed E-state index contributed by atoms with van der Waals surface area (Å²) in [7, 11) is 4.06. The minimum atomic E-state index is -0.264. The fourth-order valence-corrected chi connectivity index (χ4v) is 1.32. The summed E-state index contributed by atoms with van der Waals surface area (Å²) >= 11 is 0. The van der Waals surface area contributed by atoms with Gasteiger partial charge in [-0.15, -0.1) is 0 Å². The third kappa shape index (κ3) is 3.33. The van der Waals surface area contributed by atoms with E-state index in [4.69, 9.17) is 5.73 Å². The number of halogens is 1. The van der Waals surface area contributed by atoms with Gasteiger partial charge in [0.05, 0.1) is 11.4 Å². The fourth-order valence-electron chi connectivity index (χ4n) is 1.32. The zero-order valence-electron chi connectivity index (χ0n) is 11.3. The predicted molar refractivity (Wildman–Crippen MR) is 71.8 cm³/mol. The second kappa shape index (κ2) is 4.92. The SMILES string of the molecule is Cc1cc(NCC(C)(C)N(C)C)c(N)cc1F. The Balaban J connectivity index is 2.80. The summed E-state index contributed by atoms with van der Waals surface area (Å²) < 4.78 is 13.2. The minimum absolute atomic E-state index is 0.00866. The Morgan fingerprint density at radius 2 is 1.94 bits per heavy atom. The number of nitrogens with one attached hydrogen (secondary N) is 1. The van der Waals surface area contributed by atoms with Crippen LogP contribution in [0.4, 0.5) is 15.8 Å². The van der Waals surface area contributed by atoms with E-state index in [0.29, 0.717) is 11.3 Å². The zero-order chi connectivity index (χ0) is 13.2. The van der Waals surface area contributed by atoms with Gasteiger partial charge in [-0.1, -0.05) is 0 Å². The lowest BCUT2D eigenvalue weighted by molar-refractivity contribution is 0.210. The smallest absolute Gasteiger partial charge is 0.128 e. The van der Waals surface area contributed by atoms with Gasteiger partial charge in [0, 0.05) is 12.1 Å². The summed E-state index contributed by atoms with van der Waals surface area (Å²) in [6.07, 6.45) is 0. The number of anilines is 2. The van der Waals surface area contributed by atoms with Crippen molar-refractivity contribution in [1.29, 1.82) is 0 Å². The maximum absolute atomic E-state index is 13.2. The van der Waals surface area contributed by atoms with E-state index in [-0.39, 0.29) is 11.4 Å². The molecule has 0 saturated heterocycles. The number of benzene rings is 1. The Labute approximate surface area is 103 Å². The van der Waals surface area contributed by atoms with Crippen LogP contribution in [0.1, 0.15) is 19.4 Å². The molecule has 0 heterocycles. The normalized spacial score (nSPS) is 11.9. The molecule has 0 aromatic heterocycles. The van der Waals surface area contributed by atoms with Gasteiger partial charge in [0.25, 0.3) is 0 Å². The van der Waals surface area contributed by atoms with E-state index >= 15 is 0 Å². The van der Waals surface area contributed by atoms with Crippen molar-refractivity contribution in [3.8, 4) is 0 Å². The monoisotopic (exact) mass is 239 g/mol. The number of rotatable bonds is 4. The van der Waals surface area contributed by atoms with E-state index in [1.54, 1.807) is 13.0 Å². The zero-order valence-corrected chi connectivity index (χ0v) is 11.3. The van der Waals surface area contributed by atoms with E-state index in [1.165, 1.54) is 6.07 Å². The van der Waals surface area contributed by atoms with E-state index in [1.807, 2.05) is 14.1 Å². The first-order chi connectivity index (χ1) is 7.74. The molecule has 0 atom stereocenters. The van der Waals surface area contributed by atoms with Gasteiger partial charge in [0.1, 0.15) is 5.82 Å². The molecule has 0 radical (unpaired) electrons. The van der Waals surface area contributed by atoms with Gasteiger partial charge >= 0.3 is 0 Å². The lowest BCUT2D eigenvalue weighted by atomic mass is 10.0. The van der Waals surface area contributed by atoms with Gasteiger partial charge < -0.3 is 16.0 Å². The molecule has 0 spiro atoms. The molecule has 0 bridgehead atoms. The van der Waals surface area contributed by atoms with Crippen molar-refractivity contribution in [1.82, 2.24) is 4.90 Å². The summed E-state index contributed by atoms with van der Waals surface area (Å²) in [5.74, 6) is -0.264. The summed E-state index contributed by atoms with van der Waals surface area (Å²) in [4.78, 5) is 2.13. The van der Waals surface area contributed by atoms with E-state index in [2.05, 4.69) is 24.1 Å². The molecule has 0 aliphatic carbocycles. The molecule has 0 saturated carbocycles. The molecule has 96 valence electrons. The van der Waals surface area contributed by atoms with Crippen LogP contribution in [0.3, 0.4) is 0 Å². The standard InChI is InChI=1S/C13H22FN3/c1-9-6-12(11(15)7-10(9)14)16-8-13(2,3)17(4)5/h6-7,16H,8,15H2,1-5H3. The van der Waals surface area contributed by atoms with Crippen molar-refractivity contribution >= 4 is 11.4 Å². The largest absolute Gasteiger partial charge is 0.397 e. The number of hydrogen-bond donors (Lipinski definition) is 2. The van der Waals surface area contributed by atoms with Crippen molar-refractivity contribution in [2.45, 2.75) is 26.3 Å². The summed E-state index contributed by atoms with van der Waals surface area (Å²) in [5.41, 5.74) is 7.63. The molecular weight excluding hydrogens is 217 g/mol. The highest BCUT2D eigenvalue weighted by Crippen LogP contribution is 2.23. The van der Waals surface area contributed by atoms with Crippen LogP contribution in [0.25, 0.3) is 0 Å². The maximum Gasteiger partial charge on any atom is 0.128 e. The number of nitrogens with two attached hydrogens (primary N) is 1. The lowest BCUT2D eigenvalue weighted by Crippen LogP contribution is -2.44. The van der Waals surface area contributed by atoms with Crippen molar-refractivity contribution < 1.29 is 4.39 Å². The van der Waals surface area contributed by atoms with Crippen LogP contribution in [0.15, 0.2) is 12.1 Å². The molecule has 0 unspecified atom stereocenters. The first kappa shape index (κ1) is 13.8. The molecule has 1 rings (SSSR count). The minimum Gasteiger partial charge on any atom is -0.397 e. The molecule has 1 aromatic rings. The van der Waals surface area contributed by atoms with Gasteiger partial charge in [0.15, 0.2) is 0 Å². The molecule has 0 aliphatic heterocycles. The van der Waals surface area contributed by atoms with Crippen LogP contribution in [0.2, 0.25) is 0 Å². The van der Waals surface area contributed by atoms with Crippen molar-refractivity contribution in [2.75, 3.05) is 31.7 Å². The number of nitrogens with zero attached hydrogens (tertiary/aromatic N) is 1. The number of hydrogen-bond acceptors (Lipinski definition) is 3. The van der Waals surface area contributed by atoms with E-state index in [9.17, 15) is 4.39 Å². The molecule has 3 nitrogen and oxygen atoms in total. The van der Waals surface area contributed by atoms with Gasteiger partial charge in [0.2, 0.25) is 0 Å². The van der Waals surface area contributed by atoms with Crippen molar-refractivity contribution in [3.05, 3.63) is 23.5 Å². The van der Waals surface area contributed by atoms with Crippen LogP contribution in [0.5, 0.6) is 0 Å². The number of likely N-dealkylation sites (N-methyl/N-ethyl adjacent to an activating group) is 1. The topological polar surface area (TPSA) is 41.3 Å². The first-order valence-corrected chi connectivity index (χ1v) is 5.71. The van der Waals surface area contributed by atoms with Gasteiger partial charge in [-0.25, -0.2) is 4.39 Å². The third-order valence-electron chi connectivity index (χ3n) is 3.25. The average molecular weight is 239 g/mol. The highest BCUT2D eigenvalue weighted by atomic mass is 19.1. The second-order valence-electron chi connectivity index (χ2n) is 5.25. The Morgan fingerprint density at radius 3 is 2.47 bits per heavy atom. The number of aryl methyl sites for hydroxylation is 1. The fraction of sp³-hybridized carbons (Fsp3) is 0.538. The average Bonchev–Trinajstić information content (AvgIpc) is 2.21. The summed E-state index contributed by atoms with van der Waals surface area (Å²) in [6, 6.07) is 3.11. The molecule has 0 aliphatic rings. The van der Waals surface area contributed by atoms with Crippen LogP contribution in [0, 0.1) is 12.7 Å². The van der Waals surface area contributed by atoms with Gasteiger partial charge in [-0.3, -0.25) is 0 Å². The Bertz CT molecular complexity index is 400. The Hall–Kier alpha value is -1.29. The highest BCUT2D eigenvalue weighted by molar-refractivity contribution is 5.67. The third-order valence-corrected chi connectivity index (χ3v) is 3.25. The van der Waals surface area contributed by atoms with Crippen molar-refractivity contribution in [3.63, 3.8) is 0 Å². The Kier molecular flexibility index (Phi) is 3.98. The molecule has 3 N–H and O–H groups in total. The van der Waals surface area contributed by atoms with E-state index in [0.717, 1.165) is 12.2 Å². The van der Waals surface area contributed by atoms with E-state index < -0.39 is 0 Å². The molecule has 0 amide bonds. The summed E-state index contributed by atoms with van der Waals surface area (Å²) in [5, 5.41) is 3.27. The molecule has 4 heteroatoms. The molecular formula is C13H22FN3. The molecule has 17 heavy (non-hydrogen) atoms. The first-order valence-electron chi connectivity index (χ1n) is 5.71. The predicted octanol–water partition coefficient (Wildman–Crippen LogP) is 2.47. The van der Waals surface area contributed by atoms with Gasteiger partial charge in [-0.2, -0.15) is 0 Å². The number of nitrogen functional groups attached to an aromatic ring is 1. The molecule has 0 fully saturated rings. The lowest BCUT2D eigenvalue weighted by Gasteiger charge is -2.33. The summed E-state index contributed by atoms with van der Waals surface area (Å²) in [6.45, 7) is 6.74. The van der Waals surface area contributed by atoms with Crippen LogP contribution >= 0.6 is 0 Å². The highest BCUT2D eigenvalue weighted by Gasteiger charge is 2.20. The Morgan fingerprint density at radius 1 is 1.35 bits per heavy atom. The van der Waals surface area contributed by atoms with Crippen LogP contribution in [-0.2, 0) is 0 Å². The van der Waals surface area contributed by atoms with Gasteiger partial charge in [-0.05, 0) is 52.6 Å². The van der Waals surface area contributed by atoms with Crippen LogP contribution < -0.4 is 11.1 Å².